The highest BCUT2D eigenvalue weighted by atomic mass is 16.6. The van der Waals surface area contributed by atoms with Crippen molar-refractivity contribution in [1.82, 2.24) is 0 Å². The molecular weight excluding hydrogens is 140 g/mol. The van der Waals surface area contributed by atoms with E-state index in [2.05, 4.69) is 0 Å². The fourth-order valence-corrected chi connectivity index (χ4v) is 3.30. The fourth-order valence-electron chi connectivity index (χ4n) is 3.30. The van der Waals surface area contributed by atoms with E-state index < -0.39 is 0 Å². The van der Waals surface area contributed by atoms with Gasteiger partial charge in [-0.1, -0.05) is 0 Å². The molecule has 3 aliphatic carbocycles. The molecule has 5 fully saturated rings. The first-order valence-corrected chi connectivity index (χ1v) is 4.61. The van der Waals surface area contributed by atoms with E-state index in [0.717, 1.165) is 25.0 Å². The molecular formula is C9H12O2. The van der Waals surface area contributed by atoms with Gasteiger partial charge in [0.2, 0.25) is 0 Å². The normalized spacial score (nSPS) is 69.8. The zero-order valence-corrected chi connectivity index (χ0v) is 6.51. The van der Waals surface area contributed by atoms with Crippen molar-refractivity contribution in [2.24, 2.45) is 11.8 Å². The van der Waals surface area contributed by atoms with Crippen LogP contribution in [-0.4, -0.2) is 24.4 Å². The van der Waals surface area contributed by atoms with Crippen LogP contribution in [0.3, 0.4) is 0 Å². The third kappa shape index (κ3) is 0.482. The fraction of sp³-hybridized carbons (Fsp3) is 1.00. The van der Waals surface area contributed by atoms with Gasteiger partial charge in [-0.2, -0.15) is 0 Å². The molecule has 5 rings (SSSR count). The summed E-state index contributed by atoms with van der Waals surface area (Å²) in [6.45, 7) is 2.09. The standard InChI is InChI=1S/C9H12O2/c1-6-2-8(4-10-8)3-7(1)9(6)5-11-9/h6-7H,1-5H2. The van der Waals surface area contributed by atoms with Crippen LogP contribution in [0.15, 0.2) is 0 Å². The van der Waals surface area contributed by atoms with E-state index >= 15 is 0 Å². The lowest BCUT2D eigenvalue weighted by Crippen LogP contribution is -2.54. The maximum absolute atomic E-state index is 5.56. The Bertz CT molecular complexity index is 212. The van der Waals surface area contributed by atoms with Crippen molar-refractivity contribution < 1.29 is 9.47 Å². The van der Waals surface area contributed by atoms with Gasteiger partial charge in [0.05, 0.1) is 24.4 Å². The lowest BCUT2D eigenvalue weighted by molar-refractivity contribution is -0.0569. The summed E-state index contributed by atoms with van der Waals surface area (Å²) in [5.41, 5.74) is 0.766. The van der Waals surface area contributed by atoms with E-state index in [-0.39, 0.29) is 0 Å². The Kier molecular flexibility index (Phi) is 0.641. The summed E-state index contributed by atoms with van der Waals surface area (Å²) in [6, 6.07) is 0. The third-order valence-electron chi connectivity index (χ3n) is 4.22. The molecule has 0 radical (unpaired) electrons. The van der Waals surface area contributed by atoms with Gasteiger partial charge in [-0.3, -0.25) is 0 Å². The first-order chi connectivity index (χ1) is 5.33. The summed E-state index contributed by atoms with van der Waals surface area (Å²) in [7, 11) is 0. The highest BCUT2D eigenvalue weighted by molar-refractivity contribution is 5.21. The molecule has 2 heterocycles. The first-order valence-electron chi connectivity index (χ1n) is 4.61. The average molecular weight is 152 g/mol. The van der Waals surface area contributed by atoms with Crippen molar-refractivity contribution in [3.05, 3.63) is 0 Å². The topological polar surface area (TPSA) is 25.1 Å². The maximum atomic E-state index is 5.56. The minimum atomic E-state index is 0.366. The Morgan fingerprint density at radius 3 is 2.09 bits per heavy atom. The first kappa shape index (κ1) is 5.55. The van der Waals surface area contributed by atoms with E-state index in [1.165, 1.54) is 19.3 Å². The molecule has 2 aliphatic heterocycles. The minimum Gasteiger partial charge on any atom is -0.370 e. The summed E-state index contributed by atoms with van der Waals surface area (Å²) >= 11 is 0. The third-order valence-corrected chi connectivity index (χ3v) is 4.22. The van der Waals surface area contributed by atoms with Crippen molar-refractivity contribution in [3.63, 3.8) is 0 Å². The molecule has 60 valence electrons. The Morgan fingerprint density at radius 1 is 1.00 bits per heavy atom. The molecule has 5 aliphatic rings. The second-order valence-corrected chi connectivity index (χ2v) is 4.75. The van der Waals surface area contributed by atoms with Gasteiger partial charge in [-0.25, -0.2) is 0 Å². The Labute approximate surface area is 65.9 Å². The predicted molar refractivity (Wildman–Crippen MR) is 38.2 cm³/mol. The van der Waals surface area contributed by atoms with Crippen LogP contribution >= 0.6 is 0 Å². The number of epoxide rings is 2. The number of rotatable bonds is 0. The summed E-state index contributed by atoms with van der Waals surface area (Å²) in [5, 5.41) is 0. The van der Waals surface area contributed by atoms with Gasteiger partial charge in [0, 0.05) is 0 Å². The molecule has 2 nitrogen and oxygen atoms in total. The molecule has 3 saturated carbocycles. The zero-order valence-electron chi connectivity index (χ0n) is 6.51. The van der Waals surface area contributed by atoms with Crippen molar-refractivity contribution in [1.29, 1.82) is 0 Å². The Balaban J connectivity index is 1.69. The molecule has 2 atom stereocenters. The highest BCUT2D eigenvalue weighted by Crippen LogP contribution is 2.67. The summed E-state index contributed by atoms with van der Waals surface area (Å²) in [5.74, 6) is 1.73. The van der Waals surface area contributed by atoms with Crippen LogP contribution in [-0.2, 0) is 9.47 Å². The van der Waals surface area contributed by atoms with E-state index in [9.17, 15) is 0 Å². The van der Waals surface area contributed by atoms with Crippen molar-refractivity contribution in [2.75, 3.05) is 13.2 Å². The van der Waals surface area contributed by atoms with Gasteiger partial charge in [0.1, 0.15) is 0 Å². The molecule has 0 aromatic rings. The quantitative estimate of drug-likeness (QED) is 0.483. The molecule has 2 saturated heterocycles. The largest absolute Gasteiger partial charge is 0.370 e. The number of hydrogen-bond acceptors (Lipinski definition) is 2. The van der Waals surface area contributed by atoms with Gasteiger partial charge in [-0.05, 0) is 31.1 Å². The molecule has 0 N–H and O–H groups in total. The molecule has 0 aromatic carbocycles. The molecule has 0 aromatic heterocycles. The Hall–Kier alpha value is -0.0800. The van der Waals surface area contributed by atoms with Crippen LogP contribution in [0.5, 0.6) is 0 Å². The van der Waals surface area contributed by atoms with Gasteiger partial charge in [0.15, 0.2) is 0 Å². The van der Waals surface area contributed by atoms with Crippen LogP contribution in [0.4, 0.5) is 0 Å². The lowest BCUT2D eigenvalue weighted by atomic mass is 9.54. The van der Waals surface area contributed by atoms with Crippen molar-refractivity contribution in [2.45, 2.75) is 30.5 Å². The van der Waals surface area contributed by atoms with E-state index in [0.29, 0.717) is 11.2 Å². The van der Waals surface area contributed by atoms with Crippen LogP contribution in [0.1, 0.15) is 19.3 Å². The van der Waals surface area contributed by atoms with Crippen LogP contribution in [0.2, 0.25) is 0 Å². The predicted octanol–water partition coefficient (Wildman–Crippen LogP) is 0.954. The van der Waals surface area contributed by atoms with Crippen LogP contribution in [0.25, 0.3) is 0 Å². The second kappa shape index (κ2) is 1.27. The molecule has 2 spiro atoms. The molecule has 11 heavy (non-hydrogen) atoms. The molecule has 2 heteroatoms. The van der Waals surface area contributed by atoms with Crippen LogP contribution in [0, 0.1) is 11.8 Å². The monoisotopic (exact) mass is 152 g/mol. The smallest absolute Gasteiger partial charge is 0.0974 e. The Morgan fingerprint density at radius 2 is 1.64 bits per heavy atom. The second-order valence-electron chi connectivity index (χ2n) is 4.75. The van der Waals surface area contributed by atoms with Gasteiger partial charge in [0.25, 0.3) is 0 Å². The molecule has 2 bridgehead atoms. The number of ether oxygens (including phenoxy) is 2. The SMILES string of the molecule is C1C2CC3(CO3)CC1C21CO1. The van der Waals surface area contributed by atoms with E-state index in [4.69, 9.17) is 9.47 Å². The van der Waals surface area contributed by atoms with E-state index in [1.807, 2.05) is 0 Å². The van der Waals surface area contributed by atoms with Gasteiger partial charge in [-0.15, -0.1) is 0 Å². The zero-order chi connectivity index (χ0) is 7.10. The van der Waals surface area contributed by atoms with E-state index in [1.54, 1.807) is 0 Å². The average Bonchev–Trinajstić information content (AvgIpc) is 2.83. The summed E-state index contributed by atoms with van der Waals surface area (Å²) in [4.78, 5) is 0. The lowest BCUT2D eigenvalue weighted by Gasteiger charge is -2.50. The molecule has 2 unspecified atom stereocenters. The van der Waals surface area contributed by atoms with Gasteiger partial charge >= 0.3 is 0 Å². The van der Waals surface area contributed by atoms with Crippen molar-refractivity contribution >= 4 is 0 Å². The summed E-state index contributed by atoms with van der Waals surface area (Å²) in [6.07, 6.45) is 4.01. The highest BCUT2D eigenvalue weighted by Gasteiger charge is 2.72. The summed E-state index contributed by atoms with van der Waals surface area (Å²) < 4.78 is 11.1. The van der Waals surface area contributed by atoms with Crippen molar-refractivity contribution in [3.8, 4) is 0 Å². The van der Waals surface area contributed by atoms with Gasteiger partial charge < -0.3 is 9.47 Å². The minimum absolute atomic E-state index is 0.366. The maximum Gasteiger partial charge on any atom is 0.0974 e. The van der Waals surface area contributed by atoms with Crippen LogP contribution < -0.4 is 0 Å². The number of hydrogen-bond donors (Lipinski definition) is 0. The molecule has 0 amide bonds.